The molecule has 3 aromatic heterocycles. The number of nitrogens with zero attached hydrogens (tertiary/aromatic N) is 3. The molecule has 1 atom stereocenters. The summed E-state index contributed by atoms with van der Waals surface area (Å²) in [5, 5.41) is 0.677. The van der Waals surface area contributed by atoms with Crippen molar-refractivity contribution in [1.82, 2.24) is 9.55 Å². The molecule has 0 unspecified atom stereocenters. The van der Waals surface area contributed by atoms with Gasteiger partial charge in [-0.25, -0.2) is 14.8 Å². The standard InChI is InChI=1S/C34H25N3O4S4/c1-3-40-32(39)28-29(20-9-5-4-6-10-20)36-33-37(30(28)21-13-16-23(42-2)17-14-21)31(38)26(43-33)19-22-15-18-27(41-22)45-34-35-24-11-7-8-12-25(24)44-34/h4-19,30H,3H2,1-2H3/b26-19+/t30-/m0/s1. The minimum absolute atomic E-state index is 0.197. The number of furan rings is 1. The molecule has 0 radical (unpaired) electrons. The van der Waals surface area contributed by atoms with Gasteiger partial charge in [0.1, 0.15) is 5.76 Å². The zero-order valence-corrected chi connectivity index (χ0v) is 27.4. The van der Waals surface area contributed by atoms with Gasteiger partial charge < -0.3 is 9.15 Å². The number of para-hydroxylation sites is 1. The van der Waals surface area contributed by atoms with E-state index in [0.29, 0.717) is 31.5 Å². The molecular weight excluding hydrogens is 643 g/mol. The van der Waals surface area contributed by atoms with E-state index in [0.717, 1.165) is 30.6 Å². The lowest BCUT2D eigenvalue weighted by Gasteiger charge is -2.26. The van der Waals surface area contributed by atoms with Crippen molar-refractivity contribution in [2.75, 3.05) is 12.9 Å². The second-order valence-corrected chi connectivity index (χ2v) is 14.1. The number of ether oxygens (including phenoxy) is 1. The largest absolute Gasteiger partial charge is 0.463 e. The molecule has 6 aromatic rings. The Morgan fingerprint density at radius 1 is 1.00 bits per heavy atom. The van der Waals surface area contributed by atoms with Crippen molar-refractivity contribution in [2.45, 2.75) is 27.3 Å². The van der Waals surface area contributed by atoms with E-state index in [9.17, 15) is 9.59 Å². The molecule has 0 bridgehead atoms. The van der Waals surface area contributed by atoms with Gasteiger partial charge in [-0.3, -0.25) is 9.36 Å². The summed E-state index contributed by atoms with van der Waals surface area (Å²) in [6.07, 6.45) is 3.74. The molecule has 0 saturated heterocycles. The molecule has 0 amide bonds. The highest BCUT2D eigenvalue weighted by molar-refractivity contribution is 8.01. The molecular formula is C34H25N3O4S4. The smallest absolute Gasteiger partial charge is 0.338 e. The normalized spacial score (nSPS) is 14.9. The Morgan fingerprint density at radius 2 is 1.78 bits per heavy atom. The van der Waals surface area contributed by atoms with Crippen LogP contribution in [-0.2, 0) is 9.53 Å². The number of fused-ring (bicyclic) bond motifs is 2. The van der Waals surface area contributed by atoms with Gasteiger partial charge in [0.05, 0.1) is 38.7 Å². The van der Waals surface area contributed by atoms with E-state index >= 15 is 0 Å². The first-order valence-electron chi connectivity index (χ1n) is 14.1. The van der Waals surface area contributed by atoms with Crippen molar-refractivity contribution in [3.8, 4) is 0 Å². The average Bonchev–Trinajstić information content (AvgIpc) is 3.77. The first-order chi connectivity index (χ1) is 22.0. The Labute approximate surface area is 274 Å². The average molecular weight is 668 g/mol. The maximum Gasteiger partial charge on any atom is 0.338 e. The molecule has 0 saturated carbocycles. The molecule has 7 rings (SSSR count). The molecule has 0 fully saturated rings. The summed E-state index contributed by atoms with van der Waals surface area (Å²) in [6.45, 7) is 1.97. The van der Waals surface area contributed by atoms with E-state index in [1.807, 2.05) is 97.3 Å². The van der Waals surface area contributed by atoms with Crippen LogP contribution >= 0.6 is 46.2 Å². The molecule has 11 heteroatoms. The predicted molar refractivity (Wildman–Crippen MR) is 182 cm³/mol. The molecule has 1 aliphatic heterocycles. The van der Waals surface area contributed by atoms with Crippen molar-refractivity contribution < 1.29 is 13.9 Å². The Bertz CT molecular complexity index is 2210. The van der Waals surface area contributed by atoms with Crippen molar-refractivity contribution in [2.24, 2.45) is 4.99 Å². The maximum absolute atomic E-state index is 14.1. The Hall–Kier alpha value is -4.16. The molecule has 1 aliphatic rings. The number of hydrogen-bond donors (Lipinski definition) is 0. The zero-order valence-electron chi connectivity index (χ0n) is 24.1. The fourth-order valence-electron chi connectivity index (χ4n) is 5.12. The zero-order chi connectivity index (χ0) is 30.9. The fourth-order valence-corrected chi connectivity index (χ4v) is 8.48. The lowest BCUT2D eigenvalue weighted by molar-refractivity contribution is -0.138. The van der Waals surface area contributed by atoms with Gasteiger partial charge >= 0.3 is 5.97 Å². The number of thiazole rings is 2. The summed E-state index contributed by atoms with van der Waals surface area (Å²) in [5.74, 6) is 0.0357. The van der Waals surface area contributed by atoms with Crippen LogP contribution in [0, 0.1) is 0 Å². The summed E-state index contributed by atoms with van der Waals surface area (Å²) >= 11 is 5.94. The van der Waals surface area contributed by atoms with Gasteiger partial charge in [-0.05, 0) is 66.9 Å². The third kappa shape index (κ3) is 5.84. The highest BCUT2D eigenvalue weighted by atomic mass is 32.2. The summed E-state index contributed by atoms with van der Waals surface area (Å²) in [4.78, 5) is 38.9. The Morgan fingerprint density at radius 3 is 2.53 bits per heavy atom. The van der Waals surface area contributed by atoms with Crippen molar-refractivity contribution in [3.63, 3.8) is 0 Å². The van der Waals surface area contributed by atoms with Crippen LogP contribution in [0.4, 0.5) is 0 Å². The van der Waals surface area contributed by atoms with Crippen molar-refractivity contribution in [3.05, 3.63) is 133 Å². The van der Waals surface area contributed by atoms with Crippen LogP contribution in [-0.4, -0.2) is 28.4 Å². The Kier molecular flexibility index (Phi) is 8.33. The van der Waals surface area contributed by atoms with Crippen LogP contribution in [0.25, 0.3) is 22.0 Å². The van der Waals surface area contributed by atoms with Gasteiger partial charge in [-0.2, -0.15) is 0 Å². The molecule has 45 heavy (non-hydrogen) atoms. The lowest BCUT2D eigenvalue weighted by Crippen LogP contribution is -2.40. The lowest BCUT2D eigenvalue weighted by atomic mass is 9.93. The third-order valence-electron chi connectivity index (χ3n) is 7.14. The second kappa shape index (κ2) is 12.7. The van der Waals surface area contributed by atoms with E-state index < -0.39 is 12.0 Å². The number of hydrogen-bond acceptors (Lipinski definition) is 10. The molecule has 0 N–H and O–H groups in total. The number of rotatable bonds is 8. The minimum atomic E-state index is -0.727. The Balaban J connectivity index is 1.34. The number of carbonyl (C=O) groups excluding carboxylic acids is 1. The molecule has 4 heterocycles. The van der Waals surface area contributed by atoms with E-state index in [1.165, 1.54) is 23.1 Å². The first kappa shape index (κ1) is 29.5. The van der Waals surface area contributed by atoms with Gasteiger partial charge in [0, 0.05) is 16.5 Å². The van der Waals surface area contributed by atoms with Crippen LogP contribution < -0.4 is 14.9 Å². The van der Waals surface area contributed by atoms with Crippen LogP contribution in [0.3, 0.4) is 0 Å². The maximum atomic E-state index is 14.1. The number of carbonyl (C=O) groups is 1. The number of aromatic nitrogens is 2. The van der Waals surface area contributed by atoms with E-state index in [-0.39, 0.29) is 12.2 Å². The first-order valence-corrected chi connectivity index (χ1v) is 17.8. The highest BCUT2D eigenvalue weighted by Gasteiger charge is 2.35. The SMILES string of the molecule is CCOC(=O)C1=C(c2ccccc2)N=c2s/c(=C/c3ccc(Sc4nc5ccccc5s4)o3)c(=O)n2[C@H]1c1ccc(SC)cc1. The van der Waals surface area contributed by atoms with Crippen LogP contribution in [0.2, 0.25) is 0 Å². The van der Waals surface area contributed by atoms with E-state index in [2.05, 4.69) is 4.98 Å². The number of benzene rings is 3. The predicted octanol–water partition coefficient (Wildman–Crippen LogP) is 7.01. The summed E-state index contributed by atoms with van der Waals surface area (Å²) in [6, 6.07) is 28.4. The van der Waals surface area contributed by atoms with Crippen molar-refractivity contribution >= 4 is 74.2 Å². The molecule has 3 aromatic carbocycles. The summed E-state index contributed by atoms with van der Waals surface area (Å²) < 4.78 is 15.7. The van der Waals surface area contributed by atoms with E-state index in [4.69, 9.17) is 14.1 Å². The van der Waals surface area contributed by atoms with Crippen molar-refractivity contribution in [1.29, 1.82) is 0 Å². The van der Waals surface area contributed by atoms with Gasteiger partial charge in [-0.1, -0.05) is 65.9 Å². The van der Waals surface area contributed by atoms with Gasteiger partial charge in [0.25, 0.3) is 5.56 Å². The van der Waals surface area contributed by atoms with E-state index in [1.54, 1.807) is 40.7 Å². The molecule has 224 valence electrons. The fraction of sp³-hybridized carbons (Fsp3) is 0.118. The summed E-state index contributed by atoms with van der Waals surface area (Å²) in [7, 11) is 0. The highest BCUT2D eigenvalue weighted by Crippen LogP contribution is 2.37. The van der Waals surface area contributed by atoms with Gasteiger partial charge in [-0.15, -0.1) is 23.1 Å². The van der Waals surface area contributed by atoms with Crippen LogP contribution in [0.5, 0.6) is 0 Å². The monoisotopic (exact) mass is 667 g/mol. The minimum Gasteiger partial charge on any atom is -0.463 e. The topological polar surface area (TPSA) is 86.7 Å². The number of esters is 1. The summed E-state index contributed by atoms with van der Waals surface area (Å²) in [5.41, 5.74) is 3.07. The quantitative estimate of drug-likeness (QED) is 0.128. The second-order valence-electron chi connectivity index (χ2n) is 9.91. The van der Waals surface area contributed by atoms with Gasteiger partial charge in [0.2, 0.25) is 0 Å². The third-order valence-corrected chi connectivity index (χ3v) is 10.9. The number of thioether (sulfide) groups is 1. The molecule has 0 aliphatic carbocycles. The van der Waals surface area contributed by atoms with Crippen LogP contribution in [0.15, 0.2) is 125 Å². The van der Waals surface area contributed by atoms with Crippen LogP contribution in [0.1, 0.15) is 29.9 Å². The van der Waals surface area contributed by atoms with Gasteiger partial charge in [0.15, 0.2) is 14.2 Å². The molecule has 7 nitrogen and oxygen atoms in total. The molecule has 0 spiro atoms.